The van der Waals surface area contributed by atoms with Crippen molar-refractivity contribution < 1.29 is 19.4 Å². The average molecular weight is 156 g/mol. The Morgan fingerprint density at radius 1 is 1.82 bits per heavy atom. The van der Waals surface area contributed by atoms with E-state index in [-0.39, 0.29) is 18.0 Å². The van der Waals surface area contributed by atoms with Gasteiger partial charge in [-0.15, -0.1) is 0 Å². The molecule has 1 aliphatic carbocycles. The lowest BCUT2D eigenvalue weighted by Gasteiger charge is -2.04. The number of carbonyl (C=O) groups is 2. The number of ketones is 1. The molecule has 0 amide bonds. The van der Waals surface area contributed by atoms with Gasteiger partial charge in [-0.25, -0.2) is 0 Å². The normalized spacial score (nSPS) is 23.2. The number of aliphatic hydroxyl groups excluding tert-OH is 1. The minimum atomic E-state index is -0.569. The number of carbonyl (C=O) groups excluding carboxylic acids is 2. The zero-order chi connectivity index (χ0) is 8.43. The van der Waals surface area contributed by atoms with Gasteiger partial charge in [-0.05, 0) is 0 Å². The molecule has 1 unspecified atom stereocenters. The zero-order valence-electron chi connectivity index (χ0n) is 6.03. The number of rotatable bonds is 1. The topological polar surface area (TPSA) is 63.6 Å². The van der Waals surface area contributed by atoms with Crippen LogP contribution >= 0.6 is 0 Å². The minimum absolute atomic E-state index is 0.0609. The summed E-state index contributed by atoms with van der Waals surface area (Å²) in [6.07, 6.45) is 0.731. The Hall–Kier alpha value is -1.32. The largest absolute Gasteiger partial charge is 0.505 e. The molecular weight excluding hydrogens is 148 g/mol. The molecule has 11 heavy (non-hydrogen) atoms. The third-order valence-electron chi connectivity index (χ3n) is 1.33. The Morgan fingerprint density at radius 3 is 2.82 bits per heavy atom. The first-order chi connectivity index (χ1) is 5.09. The molecule has 0 bridgehead atoms. The second kappa shape index (κ2) is 2.74. The van der Waals surface area contributed by atoms with Crippen LogP contribution in [0.5, 0.6) is 0 Å². The van der Waals surface area contributed by atoms with Crippen molar-refractivity contribution in [3.8, 4) is 0 Å². The lowest BCUT2D eigenvalue weighted by Crippen LogP contribution is -2.12. The van der Waals surface area contributed by atoms with E-state index in [1.807, 2.05) is 0 Å². The van der Waals surface area contributed by atoms with Crippen LogP contribution in [0.2, 0.25) is 0 Å². The summed E-state index contributed by atoms with van der Waals surface area (Å²) in [5.74, 6) is -1.14. The van der Waals surface area contributed by atoms with Crippen LogP contribution in [0, 0.1) is 0 Å². The van der Waals surface area contributed by atoms with Gasteiger partial charge in [0.25, 0.3) is 0 Å². The molecule has 60 valence electrons. The lowest BCUT2D eigenvalue weighted by atomic mass is 10.3. The van der Waals surface area contributed by atoms with Crippen LogP contribution in [0.15, 0.2) is 11.8 Å². The number of esters is 1. The fourth-order valence-electron chi connectivity index (χ4n) is 0.904. The van der Waals surface area contributed by atoms with Crippen molar-refractivity contribution in [3.05, 3.63) is 11.8 Å². The molecule has 0 aliphatic heterocycles. The number of Topliss-reactive ketones (excluding diaryl/α,β-unsaturated/α-hetero) is 1. The maximum absolute atomic E-state index is 10.7. The third-order valence-corrected chi connectivity index (χ3v) is 1.33. The Bertz CT molecular complexity index is 229. The van der Waals surface area contributed by atoms with E-state index in [2.05, 4.69) is 4.74 Å². The van der Waals surface area contributed by atoms with Gasteiger partial charge in [0.1, 0.15) is 6.10 Å². The van der Waals surface area contributed by atoms with Gasteiger partial charge in [0.05, 0.1) is 6.42 Å². The molecule has 0 saturated heterocycles. The summed E-state index contributed by atoms with van der Waals surface area (Å²) >= 11 is 0. The molecule has 0 aromatic heterocycles. The van der Waals surface area contributed by atoms with E-state index in [4.69, 9.17) is 5.11 Å². The second-order valence-corrected chi connectivity index (χ2v) is 2.33. The molecule has 4 nitrogen and oxygen atoms in total. The van der Waals surface area contributed by atoms with E-state index in [0.717, 1.165) is 0 Å². The quantitative estimate of drug-likeness (QED) is 0.556. The van der Waals surface area contributed by atoms with E-state index in [0.29, 0.717) is 0 Å². The highest BCUT2D eigenvalue weighted by molar-refractivity contribution is 5.96. The van der Waals surface area contributed by atoms with Gasteiger partial charge in [0.2, 0.25) is 5.78 Å². The molecule has 0 aromatic rings. The van der Waals surface area contributed by atoms with Crippen LogP contribution in [0.3, 0.4) is 0 Å². The van der Waals surface area contributed by atoms with Crippen molar-refractivity contribution in [1.29, 1.82) is 0 Å². The van der Waals surface area contributed by atoms with E-state index >= 15 is 0 Å². The monoisotopic (exact) mass is 156 g/mol. The molecule has 1 aliphatic rings. The maximum Gasteiger partial charge on any atom is 0.303 e. The Labute approximate surface area is 63.5 Å². The highest BCUT2D eigenvalue weighted by Crippen LogP contribution is 2.15. The fourth-order valence-corrected chi connectivity index (χ4v) is 0.904. The number of hydrogen-bond acceptors (Lipinski definition) is 4. The van der Waals surface area contributed by atoms with Gasteiger partial charge in [-0.2, -0.15) is 0 Å². The van der Waals surface area contributed by atoms with Crippen LogP contribution in [0.25, 0.3) is 0 Å². The smallest absolute Gasteiger partial charge is 0.303 e. The summed E-state index contributed by atoms with van der Waals surface area (Å²) in [5.41, 5.74) is 0. The maximum atomic E-state index is 10.7. The van der Waals surface area contributed by atoms with Gasteiger partial charge >= 0.3 is 5.97 Å². The van der Waals surface area contributed by atoms with Crippen LogP contribution in [0.1, 0.15) is 13.3 Å². The van der Waals surface area contributed by atoms with E-state index < -0.39 is 12.1 Å². The molecular formula is C7H8O4. The first kappa shape index (κ1) is 7.78. The van der Waals surface area contributed by atoms with Crippen LogP contribution in [-0.4, -0.2) is 23.0 Å². The molecule has 0 aromatic carbocycles. The second-order valence-electron chi connectivity index (χ2n) is 2.33. The third kappa shape index (κ3) is 1.80. The molecule has 0 spiro atoms. The van der Waals surface area contributed by atoms with E-state index in [9.17, 15) is 9.59 Å². The van der Waals surface area contributed by atoms with Crippen molar-refractivity contribution in [2.45, 2.75) is 19.4 Å². The van der Waals surface area contributed by atoms with E-state index in [1.54, 1.807) is 0 Å². The predicted molar refractivity (Wildman–Crippen MR) is 35.9 cm³/mol. The van der Waals surface area contributed by atoms with Gasteiger partial charge in [-0.3, -0.25) is 9.59 Å². The summed E-state index contributed by atoms with van der Waals surface area (Å²) < 4.78 is 4.66. The molecule has 0 fully saturated rings. The molecule has 1 atom stereocenters. The summed E-state index contributed by atoms with van der Waals surface area (Å²) in [7, 11) is 0. The fraction of sp³-hybridized carbons (Fsp3) is 0.429. The lowest BCUT2D eigenvalue weighted by molar-refractivity contribution is -0.144. The van der Waals surface area contributed by atoms with E-state index in [1.165, 1.54) is 13.0 Å². The summed E-state index contributed by atoms with van der Waals surface area (Å²) in [6.45, 7) is 1.26. The number of allylic oxidation sites excluding steroid dienone is 1. The highest BCUT2D eigenvalue weighted by atomic mass is 16.5. The molecule has 1 N–H and O–H groups in total. The van der Waals surface area contributed by atoms with Gasteiger partial charge < -0.3 is 9.84 Å². The Morgan fingerprint density at radius 2 is 2.45 bits per heavy atom. The first-order valence-electron chi connectivity index (χ1n) is 3.21. The van der Waals surface area contributed by atoms with Crippen LogP contribution in [0.4, 0.5) is 0 Å². The van der Waals surface area contributed by atoms with Crippen molar-refractivity contribution >= 4 is 11.8 Å². The number of aliphatic hydroxyl groups is 1. The van der Waals surface area contributed by atoms with Crippen molar-refractivity contribution in [3.63, 3.8) is 0 Å². The van der Waals surface area contributed by atoms with Crippen molar-refractivity contribution in [1.82, 2.24) is 0 Å². The number of hydrogen-bond donors (Lipinski definition) is 1. The molecule has 0 saturated carbocycles. The van der Waals surface area contributed by atoms with Crippen molar-refractivity contribution in [2.75, 3.05) is 0 Å². The average Bonchev–Trinajstić information content (AvgIpc) is 2.10. The summed E-state index contributed by atoms with van der Waals surface area (Å²) in [6, 6.07) is 0. The Balaban J connectivity index is 2.54. The minimum Gasteiger partial charge on any atom is -0.505 e. The predicted octanol–water partition coefficient (Wildman–Crippen LogP) is 0.333. The number of ether oxygens (including phenoxy) is 1. The standard InChI is InChI=1S/C7H8O4/c1-4(8)11-5-2-6(9)7(10)3-5/h2,5,9H,3H2,1H3. The van der Waals surface area contributed by atoms with Gasteiger partial charge in [0, 0.05) is 13.0 Å². The highest BCUT2D eigenvalue weighted by Gasteiger charge is 2.25. The molecule has 0 radical (unpaired) electrons. The first-order valence-corrected chi connectivity index (χ1v) is 3.21. The van der Waals surface area contributed by atoms with Crippen LogP contribution < -0.4 is 0 Å². The van der Waals surface area contributed by atoms with Crippen LogP contribution in [-0.2, 0) is 14.3 Å². The summed E-state index contributed by atoms with van der Waals surface area (Å²) in [4.78, 5) is 21.0. The summed E-state index contributed by atoms with van der Waals surface area (Å²) in [5, 5.41) is 8.80. The van der Waals surface area contributed by atoms with Crippen molar-refractivity contribution in [2.24, 2.45) is 0 Å². The zero-order valence-corrected chi connectivity index (χ0v) is 6.03. The Kier molecular flexibility index (Phi) is 1.94. The van der Waals surface area contributed by atoms with Gasteiger partial charge in [-0.1, -0.05) is 0 Å². The molecule has 4 heteroatoms. The molecule has 0 heterocycles. The molecule has 1 rings (SSSR count). The van der Waals surface area contributed by atoms with Gasteiger partial charge in [0.15, 0.2) is 5.76 Å². The SMILES string of the molecule is CC(=O)OC1C=C(O)C(=O)C1.